The number of ether oxygens (including phenoxy) is 1. The summed E-state index contributed by atoms with van der Waals surface area (Å²) in [6, 6.07) is 7.89. The minimum absolute atomic E-state index is 0.0421. The van der Waals surface area contributed by atoms with Crippen LogP contribution in [0.25, 0.3) is 0 Å². The van der Waals surface area contributed by atoms with E-state index >= 15 is 0 Å². The van der Waals surface area contributed by atoms with Gasteiger partial charge >= 0.3 is 0 Å². The Morgan fingerprint density at radius 3 is 3.00 bits per heavy atom. The average Bonchev–Trinajstić information content (AvgIpc) is 2.27. The molecule has 1 rings (SSSR count). The van der Waals surface area contributed by atoms with E-state index in [1.165, 1.54) is 5.56 Å². The molecule has 0 bridgehead atoms. The first kappa shape index (κ1) is 12.3. The number of benzene rings is 1. The smallest absolute Gasteiger partial charge is 0.119 e. The van der Waals surface area contributed by atoms with Gasteiger partial charge in [-0.3, -0.25) is 0 Å². The fourth-order valence-electron chi connectivity index (χ4n) is 1.31. The van der Waals surface area contributed by atoms with E-state index < -0.39 is 0 Å². The zero-order valence-corrected chi connectivity index (χ0v) is 9.33. The highest BCUT2D eigenvalue weighted by atomic mass is 35.5. The van der Waals surface area contributed by atoms with Gasteiger partial charge in [-0.15, -0.1) is 0 Å². The number of aryl methyl sites for hydroxylation is 1. The quantitative estimate of drug-likeness (QED) is 0.553. The fraction of sp³-hybridized carbons (Fsp3) is 0.455. The van der Waals surface area contributed by atoms with E-state index in [-0.39, 0.29) is 6.61 Å². The maximum Gasteiger partial charge on any atom is 0.119 e. The summed E-state index contributed by atoms with van der Waals surface area (Å²) >= 11 is 5.37. The Morgan fingerprint density at radius 1 is 1.40 bits per heavy atom. The third-order valence-electron chi connectivity index (χ3n) is 2.00. The molecule has 1 aromatic rings. The summed E-state index contributed by atoms with van der Waals surface area (Å²) < 4.78 is 5.31. The monoisotopic (exact) mass is 229 g/mol. The molecule has 0 atom stereocenters. The van der Waals surface area contributed by atoms with Crippen LogP contribution in [0.15, 0.2) is 24.3 Å². The van der Waals surface area contributed by atoms with Gasteiger partial charge in [0.2, 0.25) is 0 Å². The van der Waals surface area contributed by atoms with Gasteiger partial charge in [0.1, 0.15) is 12.4 Å². The van der Waals surface area contributed by atoms with Crippen molar-refractivity contribution in [1.29, 1.82) is 0 Å². The van der Waals surface area contributed by atoms with Crippen molar-refractivity contribution in [3.8, 4) is 5.75 Å². The first-order valence-electron chi connectivity index (χ1n) is 5.03. The Hall–Kier alpha value is -0.770. The molecule has 1 aromatic carbocycles. The molecule has 0 saturated heterocycles. The van der Waals surface area contributed by atoms with Crippen molar-refractivity contribution in [3.63, 3.8) is 0 Å². The lowest BCUT2D eigenvalue weighted by atomic mass is 10.1. The predicted octanol–water partition coefficient (Wildman–Crippen LogP) is 1.73. The van der Waals surface area contributed by atoms with Crippen LogP contribution in [-0.2, 0) is 6.42 Å². The first-order valence-corrected chi connectivity index (χ1v) is 5.40. The first-order chi connectivity index (χ1) is 7.36. The van der Waals surface area contributed by atoms with E-state index in [2.05, 4.69) is 10.9 Å². The Morgan fingerprint density at radius 2 is 2.27 bits per heavy atom. The van der Waals surface area contributed by atoms with Gasteiger partial charge in [-0.25, -0.2) is 4.84 Å². The van der Waals surface area contributed by atoms with Gasteiger partial charge in [-0.05, 0) is 42.3 Å². The second kappa shape index (κ2) is 7.51. The van der Waals surface area contributed by atoms with Gasteiger partial charge in [-0.1, -0.05) is 12.1 Å². The van der Waals surface area contributed by atoms with Crippen molar-refractivity contribution >= 4 is 11.8 Å². The van der Waals surface area contributed by atoms with Crippen LogP contribution < -0.4 is 9.57 Å². The number of aliphatic hydroxyl groups is 1. The summed E-state index contributed by atoms with van der Waals surface area (Å²) in [7, 11) is 0. The lowest BCUT2D eigenvalue weighted by Gasteiger charge is -2.06. The normalized spacial score (nSPS) is 10.3. The predicted molar refractivity (Wildman–Crippen MR) is 61.2 cm³/mol. The fourth-order valence-corrected chi connectivity index (χ4v) is 1.45. The van der Waals surface area contributed by atoms with Crippen LogP contribution in [0.5, 0.6) is 5.75 Å². The lowest BCUT2D eigenvalue weighted by molar-refractivity contribution is 0.201. The van der Waals surface area contributed by atoms with Crippen molar-refractivity contribution in [1.82, 2.24) is 4.84 Å². The van der Waals surface area contributed by atoms with E-state index in [1.807, 2.05) is 18.2 Å². The van der Waals surface area contributed by atoms with Crippen LogP contribution in [0.2, 0.25) is 0 Å². The van der Waals surface area contributed by atoms with Crippen molar-refractivity contribution in [3.05, 3.63) is 29.8 Å². The molecular formula is C11H16ClNO2. The van der Waals surface area contributed by atoms with Crippen molar-refractivity contribution < 1.29 is 9.84 Å². The average molecular weight is 230 g/mol. The highest BCUT2D eigenvalue weighted by Crippen LogP contribution is 2.14. The molecule has 0 amide bonds. The molecule has 15 heavy (non-hydrogen) atoms. The highest BCUT2D eigenvalue weighted by Gasteiger charge is 1.96. The minimum atomic E-state index is 0.0421. The molecule has 0 radical (unpaired) electrons. The van der Waals surface area contributed by atoms with E-state index in [4.69, 9.17) is 21.6 Å². The highest BCUT2D eigenvalue weighted by molar-refractivity contribution is 6.13. The number of hydrogen-bond donors (Lipinski definition) is 2. The maximum atomic E-state index is 8.62. The number of rotatable bonds is 7. The molecule has 0 unspecified atom stereocenters. The minimum Gasteiger partial charge on any atom is -0.491 e. The largest absolute Gasteiger partial charge is 0.491 e. The Labute approximate surface area is 95.1 Å². The summed E-state index contributed by atoms with van der Waals surface area (Å²) in [5, 5.41) is 8.62. The van der Waals surface area contributed by atoms with Crippen LogP contribution in [0.4, 0.5) is 0 Å². The zero-order valence-electron chi connectivity index (χ0n) is 8.58. The van der Waals surface area contributed by atoms with Crippen LogP contribution in [0, 0.1) is 0 Å². The molecule has 0 aliphatic rings. The molecule has 0 aliphatic carbocycles. The van der Waals surface area contributed by atoms with Crippen molar-refractivity contribution in [2.75, 3.05) is 19.8 Å². The Kier molecular flexibility index (Phi) is 6.16. The van der Waals surface area contributed by atoms with E-state index in [0.29, 0.717) is 6.61 Å². The topological polar surface area (TPSA) is 41.5 Å². The number of halogens is 1. The van der Waals surface area contributed by atoms with Crippen LogP contribution >= 0.6 is 11.8 Å². The molecule has 2 N–H and O–H groups in total. The SMILES string of the molecule is OCCOc1cccc(CCCNCl)c1. The van der Waals surface area contributed by atoms with E-state index in [1.54, 1.807) is 0 Å². The van der Waals surface area contributed by atoms with Gasteiger partial charge in [-0.2, -0.15) is 0 Å². The number of nitrogens with one attached hydrogen (secondary N) is 1. The Balaban J connectivity index is 2.42. The van der Waals surface area contributed by atoms with Gasteiger partial charge in [0, 0.05) is 6.54 Å². The van der Waals surface area contributed by atoms with Gasteiger partial charge in [0.05, 0.1) is 6.61 Å². The van der Waals surface area contributed by atoms with E-state index in [0.717, 1.165) is 25.1 Å². The summed E-state index contributed by atoms with van der Waals surface area (Å²) in [6.07, 6.45) is 1.96. The maximum absolute atomic E-state index is 8.62. The van der Waals surface area contributed by atoms with Crippen molar-refractivity contribution in [2.24, 2.45) is 0 Å². The van der Waals surface area contributed by atoms with Crippen LogP contribution in [-0.4, -0.2) is 24.9 Å². The number of hydrogen-bond acceptors (Lipinski definition) is 3. The molecule has 0 spiro atoms. The summed E-state index contributed by atoms with van der Waals surface area (Å²) in [5.41, 5.74) is 1.22. The van der Waals surface area contributed by atoms with Crippen molar-refractivity contribution in [2.45, 2.75) is 12.8 Å². The third-order valence-corrected chi connectivity index (χ3v) is 2.18. The summed E-state index contributed by atoms with van der Waals surface area (Å²) in [4.78, 5) is 2.59. The molecule has 4 heteroatoms. The molecule has 0 heterocycles. The van der Waals surface area contributed by atoms with Crippen LogP contribution in [0.1, 0.15) is 12.0 Å². The molecule has 0 fully saturated rings. The second-order valence-electron chi connectivity index (χ2n) is 3.21. The third kappa shape index (κ3) is 5.02. The standard InChI is InChI=1S/C11H16ClNO2/c12-13-6-2-4-10-3-1-5-11(9-10)15-8-7-14/h1,3,5,9,13-14H,2,4,6-8H2. The molecule has 0 saturated carbocycles. The molecule has 3 nitrogen and oxygen atoms in total. The van der Waals surface area contributed by atoms with Gasteiger partial charge < -0.3 is 9.84 Å². The second-order valence-corrected chi connectivity index (χ2v) is 3.47. The summed E-state index contributed by atoms with van der Waals surface area (Å²) in [5.74, 6) is 0.806. The zero-order chi connectivity index (χ0) is 10.9. The molecule has 0 aromatic heterocycles. The lowest BCUT2D eigenvalue weighted by Crippen LogP contribution is -2.03. The molecule has 0 aliphatic heterocycles. The molecular weight excluding hydrogens is 214 g/mol. The molecule has 84 valence electrons. The van der Waals surface area contributed by atoms with Gasteiger partial charge in [0.15, 0.2) is 0 Å². The number of aliphatic hydroxyl groups excluding tert-OH is 1. The Bertz CT molecular complexity index is 281. The summed E-state index contributed by atoms with van der Waals surface area (Å²) in [6.45, 7) is 1.18. The van der Waals surface area contributed by atoms with E-state index in [9.17, 15) is 0 Å². The van der Waals surface area contributed by atoms with Gasteiger partial charge in [0.25, 0.3) is 0 Å². The van der Waals surface area contributed by atoms with Crippen LogP contribution in [0.3, 0.4) is 0 Å².